The number of amides is 1. The molecule has 0 spiro atoms. The number of benzene rings is 2. The minimum absolute atomic E-state index is 0.0349. The molecule has 5 nitrogen and oxygen atoms in total. The summed E-state index contributed by atoms with van der Waals surface area (Å²) >= 11 is 0. The van der Waals surface area contributed by atoms with E-state index in [4.69, 9.17) is 9.47 Å². The van der Waals surface area contributed by atoms with Crippen LogP contribution >= 0.6 is 0 Å². The molecule has 4 rings (SSSR count). The van der Waals surface area contributed by atoms with Crippen molar-refractivity contribution in [2.75, 3.05) is 20.8 Å². The van der Waals surface area contributed by atoms with Gasteiger partial charge in [0.1, 0.15) is 11.5 Å². The lowest BCUT2D eigenvalue weighted by Gasteiger charge is -2.19. The fourth-order valence-electron chi connectivity index (χ4n) is 4.70. The first kappa shape index (κ1) is 24.5. The molecule has 1 aliphatic rings. The first-order valence-electron chi connectivity index (χ1n) is 12.2. The second-order valence-electron chi connectivity index (χ2n) is 9.15. The van der Waals surface area contributed by atoms with Crippen LogP contribution in [0.15, 0.2) is 79.0 Å². The molecule has 0 unspecified atom stereocenters. The van der Waals surface area contributed by atoms with E-state index >= 15 is 0 Å². The molecule has 1 fully saturated rings. The van der Waals surface area contributed by atoms with Gasteiger partial charge in [-0.2, -0.15) is 0 Å². The Morgan fingerprint density at radius 3 is 2.14 bits per heavy atom. The van der Waals surface area contributed by atoms with E-state index in [-0.39, 0.29) is 17.2 Å². The number of hydrogen-bond donors (Lipinski definition) is 1. The molecule has 3 aromatic rings. The summed E-state index contributed by atoms with van der Waals surface area (Å²) in [4.78, 5) is 16.8. The summed E-state index contributed by atoms with van der Waals surface area (Å²) in [7, 11) is 3.35. The molecule has 1 aliphatic carbocycles. The van der Waals surface area contributed by atoms with E-state index in [1.54, 1.807) is 20.3 Å². The Morgan fingerprint density at radius 2 is 1.60 bits per heavy atom. The third-order valence-corrected chi connectivity index (χ3v) is 6.87. The first-order valence-corrected chi connectivity index (χ1v) is 12.2. The highest BCUT2D eigenvalue weighted by molar-refractivity contribution is 5.87. The van der Waals surface area contributed by atoms with Gasteiger partial charge in [-0.3, -0.25) is 9.78 Å². The van der Waals surface area contributed by atoms with Crippen molar-refractivity contribution in [2.24, 2.45) is 5.92 Å². The fourth-order valence-corrected chi connectivity index (χ4v) is 4.70. The van der Waals surface area contributed by atoms with E-state index in [2.05, 4.69) is 46.7 Å². The number of allylic oxidation sites excluding steroid dienone is 1. The predicted molar refractivity (Wildman–Crippen MR) is 139 cm³/mol. The van der Waals surface area contributed by atoms with Gasteiger partial charge in [-0.15, -0.1) is 0 Å². The second-order valence-corrected chi connectivity index (χ2v) is 9.15. The monoisotopic (exact) mass is 470 g/mol. The lowest BCUT2D eigenvalue weighted by atomic mass is 9.85. The number of methoxy groups -OCH3 is 2. The van der Waals surface area contributed by atoms with Crippen LogP contribution in [0.3, 0.4) is 0 Å². The number of carbonyl (C=O) groups excluding carboxylic acids is 1. The molecule has 35 heavy (non-hydrogen) atoms. The number of unbranched alkanes of at least 4 members (excludes halogenated alkanes) is 1. The van der Waals surface area contributed by atoms with Crippen LogP contribution in [0.5, 0.6) is 11.5 Å². The normalized spacial score (nSPS) is 16.1. The van der Waals surface area contributed by atoms with Gasteiger partial charge in [0.15, 0.2) is 0 Å². The molecule has 0 bridgehead atoms. The van der Waals surface area contributed by atoms with E-state index in [9.17, 15) is 4.79 Å². The van der Waals surface area contributed by atoms with Gasteiger partial charge in [-0.25, -0.2) is 0 Å². The van der Waals surface area contributed by atoms with E-state index < -0.39 is 0 Å². The summed E-state index contributed by atoms with van der Waals surface area (Å²) in [5, 5.41) is 3.02. The summed E-state index contributed by atoms with van der Waals surface area (Å²) in [6, 6.07) is 20.7. The Balaban J connectivity index is 1.34. The number of carbonyl (C=O) groups is 1. The highest BCUT2D eigenvalue weighted by Gasteiger charge is 2.55. The zero-order chi connectivity index (χ0) is 24.7. The van der Waals surface area contributed by atoms with Crippen LogP contribution in [0.25, 0.3) is 0 Å². The number of nitrogens with one attached hydrogen (secondary N) is 1. The van der Waals surface area contributed by atoms with E-state index in [1.165, 1.54) is 16.7 Å². The zero-order valence-electron chi connectivity index (χ0n) is 20.8. The Kier molecular flexibility index (Phi) is 7.86. The number of ether oxygens (including phenoxy) is 2. The van der Waals surface area contributed by atoms with Crippen LogP contribution < -0.4 is 14.8 Å². The highest BCUT2D eigenvalue weighted by Crippen LogP contribution is 2.59. The third-order valence-electron chi connectivity index (χ3n) is 6.87. The van der Waals surface area contributed by atoms with E-state index in [1.807, 2.05) is 43.5 Å². The molecule has 1 saturated carbocycles. The lowest BCUT2D eigenvalue weighted by molar-refractivity contribution is -0.116. The number of rotatable bonds is 11. The number of nitrogens with zero attached hydrogens (tertiary/aromatic N) is 1. The van der Waals surface area contributed by atoms with Crippen molar-refractivity contribution in [3.05, 3.63) is 101 Å². The Morgan fingerprint density at radius 1 is 0.971 bits per heavy atom. The molecule has 1 amide bonds. The van der Waals surface area contributed by atoms with Crippen LogP contribution in [0.4, 0.5) is 0 Å². The molecule has 0 aliphatic heterocycles. The molecule has 0 radical (unpaired) electrons. The molecule has 182 valence electrons. The van der Waals surface area contributed by atoms with Gasteiger partial charge in [0, 0.05) is 23.9 Å². The maximum absolute atomic E-state index is 12.5. The summed E-state index contributed by atoms with van der Waals surface area (Å²) in [5.41, 5.74) is 4.58. The van der Waals surface area contributed by atoms with Crippen molar-refractivity contribution in [3.8, 4) is 11.5 Å². The van der Waals surface area contributed by atoms with Crippen LogP contribution in [0.2, 0.25) is 0 Å². The maximum atomic E-state index is 12.5. The lowest BCUT2D eigenvalue weighted by Crippen LogP contribution is -2.22. The molecule has 5 heteroatoms. The van der Waals surface area contributed by atoms with Gasteiger partial charge in [-0.1, -0.05) is 36.4 Å². The molecule has 1 aromatic heterocycles. The molecule has 1 N–H and O–H groups in total. The van der Waals surface area contributed by atoms with Crippen molar-refractivity contribution < 1.29 is 14.3 Å². The summed E-state index contributed by atoms with van der Waals surface area (Å²) < 4.78 is 10.7. The third kappa shape index (κ3) is 5.91. The largest absolute Gasteiger partial charge is 0.497 e. The van der Waals surface area contributed by atoms with Crippen LogP contribution in [-0.4, -0.2) is 31.7 Å². The maximum Gasteiger partial charge on any atom is 0.243 e. The van der Waals surface area contributed by atoms with Gasteiger partial charge in [0.2, 0.25) is 5.91 Å². The molecule has 1 heterocycles. The Bertz CT molecular complexity index is 1090. The minimum atomic E-state index is -0.141. The van der Waals surface area contributed by atoms with Gasteiger partial charge < -0.3 is 14.8 Å². The molecule has 1 atom stereocenters. The van der Waals surface area contributed by atoms with Crippen molar-refractivity contribution in [2.45, 2.75) is 38.0 Å². The number of pyridine rings is 1. The molecule has 2 aromatic carbocycles. The Labute approximate surface area is 208 Å². The van der Waals surface area contributed by atoms with Crippen molar-refractivity contribution in [1.82, 2.24) is 10.3 Å². The smallest absolute Gasteiger partial charge is 0.243 e. The molecular formula is C30H34N2O3. The standard InChI is InChI=1S/C30H34N2O3/c1-22-7-8-23(21-32-22)6-4-5-19-31-29(33)18-13-26-20-30(26,24-9-14-27(34-2)15-10-24)25-11-16-28(35-3)17-12-25/h7-18,21,26H,4-6,19-20H2,1-3H3,(H,31,33)/b18-13+/t26-/m1/s1. The quantitative estimate of drug-likeness (QED) is 0.301. The Hall–Kier alpha value is -3.60. The fraction of sp³-hybridized carbons (Fsp3) is 0.333. The van der Waals surface area contributed by atoms with Gasteiger partial charge in [0.05, 0.1) is 14.2 Å². The number of aryl methyl sites for hydroxylation is 2. The van der Waals surface area contributed by atoms with Crippen molar-refractivity contribution in [3.63, 3.8) is 0 Å². The van der Waals surface area contributed by atoms with Gasteiger partial charge >= 0.3 is 0 Å². The van der Waals surface area contributed by atoms with Gasteiger partial charge in [0.25, 0.3) is 0 Å². The SMILES string of the molecule is COc1ccc(C2(c3ccc(OC)cc3)C[C@H]2/C=C/C(=O)NCCCCc2ccc(C)nc2)cc1. The predicted octanol–water partition coefficient (Wildman–Crippen LogP) is 5.41. The van der Waals surface area contributed by atoms with Crippen molar-refractivity contribution >= 4 is 5.91 Å². The minimum Gasteiger partial charge on any atom is -0.497 e. The summed E-state index contributed by atoms with van der Waals surface area (Å²) in [6.07, 6.45) is 9.59. The van der Waals surface area contributed by atoms with E-state index in [0.717, 1.165) is 42.9 Å². The first-order chi connectivity index (χ1) is 17.0. The number of hydrogen-bond acceptors (Lipinski definition) is 4. The van der Waals surface area contributed by atoms with Crippen molar-refractivity contribution in [1.29, 1.82) is 0 Å². The van der Waals surface area contributed by atoms with Gasteiger partial charge in [-0.05, 0) is 91.6 Å². The van der Waals surface area contributed by atoms with Crippen LogP contribution in [0, 0.1) is 12.8 Å². The van der Waals surface area contributed by atoms with Crippen LogP contribution in [-0.2, 0) is 16.6 Å². The molecule has 0 saturated heterocycles. The average Bonchev–Trinajstić information content (AvgIpc) is 3.64. The highest BCUT2D eigenvalue weighted by atomic mass is 16.5. The van der Waals surface area contributed by atoms with E-state index in [0.29, 0.717) is 6.54 Å². The van der Waals surface area contributed by atoms with Crippen LogP contribution in [0.1, 0.15) is 41.6 Å². The zero-order valence-corrected chi connectivity index (χ0v) is 20.8. The topological polar surface area (TPSA) is 60.5 Å². The molecular weight excluding hydrogens is 436 g/mol. The number of aromatic nitrogens is 1. The summed E-state index contributed by atoms with van der Waals surface area (Å²) in [5.74, 6) is 1.89. The summed E-state index contributed by atoms with van der Waals surface area (Å²) in [6.45, 7) is 2.67. The average molecular weight is 471 g/mol. The second kappa shape index (κ2) is 11.2.